The van der Waals surface area contributed by atoms with Gasteiger partial charge in [-0.25, -0.2) is 0 Å². The van der Waals surface area contributed by atoms with Crippen LogP contribution in [0, 0.1) is 22.7 Å². The fourth-order valence-corrected chi connectivity index (χ4v) is 1.16. The Bertz CT molecular complexity index is 254. The number of nitrogens with one attached hydrogen (secondary N) is 1. The van der Waals surface area contributed by atoms with Gasteiger partial charge < -0.3 is 10.4 Å². The minimum atomic E-state index is -1.04. The molecule has 0 radical (unpaired) electrons. The number of carbonyl (C=O) groups is 1. The second-order valence-electron chi connectivity index (χ2n) is 4.72. The molecule has 0 spiro atoms. The van der Waals surface area contributed by atoms with Crippen LogP contribution in [-0.4, -0.2) is 23.7 Å². The van der Waals surface area contributed by atoms with E-state index in [4.69, 9.17) is 10.4 Å². The average molecular weight is 212 g/mol. The molecule has 0 aromatic heterocycles. The van der Waals surface area contributed by atoms with E-state index in [1.165, 1.54) is 0 Å². The van der Waals surface area contributed by atoms with Crippen LogP contribution in [0.4, 0.5) is 0 Å². The second-order valence-corrected chi connectivity index (χ2v) is 4.72. The van der Waals surface area contributed by atoms with Gasteiger partial charge in [-0.2, -0.15) is 5.26 Å². The van der Waals surface area contributed by atoms with Crippen LogP contribution in [0.2, 0.25) is 0 Å². The van der Waals surface area contributed by atoms with Gasteiger partial charge in [-0.1, -0.05) is 13.8 Å². The van der Waals surface area contributed by atoms with Crippen molar-refractivity contribution in [1.29, 1.82) is 5.26 Å². The van der Waals surface area contributed by atoms with E-state index in [-0.39, 0.29) is 18.6 Å². The van der Waals surface area contributed by atoms with Crippen LogP contribution in [0.15, 0.2) is 0 Å². The fourth-order valence-electron chi connectivity index (χ4n) is 1.16. The summed E-state index contributed by atoms with van der Waals surface area (Å²) in [6.07, 6.45) is 0.712. The number of carbonyl (C=O) groups excluding carboxylic acids is 1. The van der Waals surface area contributed by atoms with Gasteiger partial charge >= 0.3 is 0 Å². The van der Waals surface area contributed by atoms with Crippen molar-refractivity contribution < 1.29 is 9.90 Å². The Morgan fingerprint density at radius 3 is 2.40 bits per heavy atom. The highest BCUT2D eigenvalue weighted by atomic mass is 16.3. The summed E-state index contributed by atoms with van der Waals surface area (Å²) < 4.78 is 0. The van der Waals surface area contributed by atoms with Crippen LogP contribution in [0.1, 0.15) is 34.1 Å². The van der Waals surface area contributed by atoms with Crippen LogP contribution in [0.3, 0.4) is 0 Å². The van der Waals surface area contributed by atoms with Crippen LogP contribution < -0.4 is 5.32 Å². The van der Waals surface area contributed by atoms with Gasteiger partial charge in [-0.3, -0.25) is 4.79 Å². The van der Waals surface area contributed by atoms with Crippen molar-refractivity contribution in [3.63, 3.8) is 0 Å². The van der Waals surface area contributed by atoms with E-state index < -0.39 is 5.41 Å². The highest BCUT2D eigenvalue weighted by Crippen LogP contribution is 2.14. The number of nitriles is 1. The first-order valence-corrected chi connectivity index (χ1v) is 5.16. The quantitative estimate of drug-likeness (QED) is 0.715. The summed E-state index contributed by atoms with van der Waals surface area (Å²) >= 11 is 0. The highest BCUT2D eigenvalue weighted by molar-refractivity contribution is 5.84. The predicted octanol–water partition coefficient (Wildman–Crippen LogP) is 1.06. The molecule has 0 fully saturated rings. The molecule has 4 nitrogen and oxygen atoms in total. The van der Waals surface area contributed by atoms with E-state index in [0.29, 0.717) is 12.3 Å². The molecule has 2 N–H and O–H groups in total. The van der Waals surface area contributed by atoms with Gasteiger partial charge in [0.05, 0.1) is 18.7 Å². The molecule has 1 unspecified atom stereocenters. The van der Waals surface area contributed by atoms with Gasteiger partial charge in [-0.05, 0) is 26.2 Å². The van der Waals surface area contributed by atoms with Crippen LogP contribution in [0.25, 0.3) is 0 Å². The third kappa shape index (κ3) is 4.80. The Morgan fingerprint density at radius 1 is 1.53 bits per heavy atom. The number of rotatable bonds is 5. The normalized spacial score (nSPS) is 13.4. The predicted molar refractivity (Wildman–Crippen MR) is 57.9 cm³/mol. The summed E-state index contributed by atoms with van der Waals surface area (Å²) in [6.45, 7) is 7.07. The molecular weight excluding hydrogens is 192 g/mol. The van der Waals surface area contributed by atoms with E-state index in [1.807, 2.05) is 19.9 Å². The number of aliphatic hydroxyl groups excluding tert-OH is 1. The third-order valence-electron chi connectivity index (χ3n) is 2.16. The summed E-state index contributed by atoms with van der Waals surface area (Å²) in [6, 6.07) is 1.67. The molecule has 1 atom stereocenters. The molecule has 0 rings (SSSR count). The zero-order valence-corrected chi connectivity index (χ0v) is 9.87. The number of aliphatic hydroxyl groups is 1. The highest BCUT2D eigenvalue weighted by Gasteiger charge is 2.28. The van der Waals surface area contributed by atoms with Gasteiger partial charge in [0.15, 0.2) is 0 Å². The monoisotopic (exact) mass is 212 g/mol. The van der Waals surface area contributed by atoms with Gasteiger partial charge in [0.1, 0.15) is 5.41 Å². The van der Waals surface area contributed by atoms with E-state index in [1.54, 1.807) is 13.8 Å². The second kappa shape index (κ2) is 5.72. The number of amides is 1. The standard InChI is InChI=1S/C11H20N2O2/c1-8(2)5-9(6-14)13-10(15)11(3,4)7-12/h8-9,14H,5-6H2,1-4H3,(H,13,15). The molecule has 1 amide bonds. The first-order valence-electron chi connectivity index (χ1n) is 5.16. The molecule has 0 heterocycles. The maximum absolute atomic E-state index is 11.6. The zero-order valence-electron chi connectivity index (χ0n) is 9.87. The van der Waals surface area contributed by atoms with Gasteiger partial charge in [0.25, 0.3) is 0 Å². The molecule has 0 saturated heterocycles. The molecule has 86 valence electrons. The summed E-state index contributed by atoms with van der Waals surface area (Å²) in [5, 5.41) is 20.5. The lowest BCUT2D eigenvalue weighted by Crippen LogP contribution is -2.44. The largest absolute Gasteiger partial charge is 0.394 e. The Balaban J connectivity index is 4.32. The Kier molecular flexibility index (Phi) is 5.31. The topological polar surface area (TPSA) is 73.1 Å². The lowest BCUT2D eigenvalue weighted by atomic mass is 9.93. The molecular formula is C11H20N2O2. The minimum Gasteiger partial charge on any atom is -0.394 e. The van der Waals surface area contributed by atoms with Crippen LogP contribution in [-0.2, 0) is 4.79 Å². The maximum Gasteiger partial charge on any atom is 0.240 e. The van der Waals surface area contributed by atoms with Gasteiger partial charge in [0.2, 0.25) is 5.91 Å². The number of nitrogens with zero attached hydrogens (tertiary/aromatic N) is 1. The van der Waals surface area contributed by atoms with Crippen LogP contribution >= 0.6 is 0 Å². The summed E-state index contributed by atoms with van der Waals surface area (Å²) in [5.41, 5.74) is -1.04. The Hall–Kier alpha value is -1.08. The third-order valence-corrected chi connectivity index (χ3v) is 2.16. The molecule has 0 aliphatic heterocycles. The van der Waals surface area contributed by atoms with Crippen molar-refractivity contribution in [3.05, 3.63) is 0 Å². The van der Waals surface area contributed by atoms with E-state index >= 15 is 0 Å². The van der Waals surface area contributed by atoms with Crippen molar-refractivity contribution >= 4 is 5.91 Å². The zero-order chi connectivity index (χ0) is 12.1. The molecule has 0 aliphatic rings. The molecule has 0 bridgehead atoms. The summed E-state index contributed by atoms with van der Waals surface area (Å²) in [7, 11) is 0. The van der Waals surface area contributed by atoms with Crippen molar-refractivity contribution in [3.8, 4) is 6.07 Å². The Labute approximate surface area is 91.3 Å². The number of hydrogen-bond acceptors (Lipinski definition) is 3. The summed E-state index contributed by atoms with van der Waals surface area (Å²) in [4.78, 5) is 11.6. The lowest BCUT2D eigenvalue weighted by Gasteiger charge is -2.22. The van der Waals surface area contributed by atoms with Crippen molar-refractivity contribution in [1.82, 2.24) is 5.32 Å². The first-order chi connectivity index (χ1) is 6.83. The minimum absolute atomic E-state index is 0.0918. The number of hydrogen-bond donors (Lipinski definition) is 2. The smallest absolute Gasteiger partial charge is 0.240 e. The van der Waals surface area contributed by atoms with Gasteiger partial charge in [-0.15, -0.1) is 0 Å². The van der Waals surface area contributed by atoms with Crippen molar-refractivity contribution in [2.24, 2.45) is 11.3 Å². The Morgan fingerprint density at radius 2 is 2.07 bits per heavy atom. The van der Waals surface area contributed by atoms with E-state index in [9.17, 15) is 4.79 Å². The molecule has 0 saturated carbocycles. The lowest BCUT2D eigenvalue weighted by molar-refractivity contribution is -0.127. The average Bonchev–Trinajstić information content (AvgIpc) is 2.15. The molecule has 0 aromatic rings. The maximum atomic E-state index is 11.6. The molecule has 0 aliphatic carbocycles. The summed E-state index contributed by atoms with van der Waals surface area (Å²) in [5.74, 6) is 0.0670. The first kappa shape index (κ1) is 13.9. The van der Waals surface area contributed by atoms with Crippen LogP contribution in [0.5, 0.6) is 0 Å². The molecule has 4 heteroatoms. The SMILES string of the molecule is CC(C)CC(CO)NC(=O)C(C)(C)C#N. The van der Waals surface area contributed by atoms with Gasteiger partial charge in [0, 0.05) is 0 Å². The molecule has 15 heavy (non-hydrogen) atoms. The van der Waals surface area contributed by atoms with Crippen molar-refractivity contribution in [2.45, 2.75) is 40.2 Å². The fraction of sp³-hybridized carbons (Fsp3) is 0.818. The molecule has 0 aromatic carbocycles. The van der Waals surface area contributed by atoms with Crippen molar-refractivity contribution in [2.75, 3.05) is 6.61 Å². The van der Waals surface area contributed by atoms with E-state index in [2.05, 4.69) is 5.32 Å². The van der Waals surface area contributed by atoms with E-state index in [0.717, 1.165) is 0 Å².